The van der Waals surface area contributed by atoms with Crippen LogP contribution in [0.2, 0.25) is 5.02 Å². The van der Waals surface area contributed by atoms with Gasteiger partial charge in [-0.05, 0) is 48.3 Å². The second kappa shape index (κ2) is 7.76. The number of benzene rings is 1. The van der Waals surface area contributed by atoms with Crippen LogP contribution in [0, 0.1) is 21.4 Å². The largest absolute Gasteiger partial charge is 0.365 e. The average Bonchev–Trinajstić information content (AvgIpc) is 2.98. The first kappa shape index (κ1) is 21.3. The molecule has 1 aromatic carbocycles. The minimum absolute atomic E-state index is 0.0517. The maximum absolute atomic E-state index is 12.7. The number of carbonyl (C=O) groups excluding carboxylic acids is 2. The Morgan fingerprint density at radius 2 is 2.03 bits per heavy atom. The third kappa shape index (κ3) is 4.28. The maximum Gasteiger partial charge on any atom is 0.288 e. The standard InChI is InChI=1S/C20H22ClN3O4S/c1-20(2,3)11-5-6-12-15(9-11)29-19(16(12)17(22)25)23-18(26)10-4-7-13(21)14(8-10)24(27)28/h4,7-8,11H,5-6,9H2,1-3H3,(H2,22,25)(H,23,26). The first-order valence-corrected chi connectivity index (χ1v) is 10.4. The number of nitro groups is 1. The van der Waals surface area contributed by atoms with Crippen LogP contribution in [0.1, 0.15) is 58.3 Å². The number of carbonyl (C=O) groups is 2. The summed E-state index contributed by atoms with van der Waals surface area (Å²) in [5, 5.41) is 14.1. The van der Waals surface area contributed by atoms with Crippen LogP contribution >= 0.6 is 22.9 Å². The fraction of sp³-hybridized carbons (Fsp3) is 0.400. The van der Waals surface area contributed by atoms with Gasteiger partial charge in [0.1, 0.15) is 10.0 Å². The molecule has 0 fully saturated rings. The number of nitrogens with two attached hydrogens (primary N) is 1. The van der Waals surface area contributed by atoms with Gasteiger partial charge >= 0.3 is 0 Å². The lowest BCUT2D eigenvalue weighted by Gasteiger charge is -2.33. The number of thiophene rings is 1. The van der Waals surface area contributed by atoms with Gasteiger partial charge in [-0.3, -0.25) is 19.7 Å². The summed E-state index contributed by atoms with van der Waals surface area (Å²) in [5.41, 5.74) is 6.72. The molecule has 9 heteroatoms. The number of hydrogen-bond donors (Lipinski definition) is 2. The van der Waals surface area contributed by atoms with E-state index in [9.17, 15) is 19.7 Å². The van der Waals surface area contributed by atoms with E-state index >= 15 is 0 Å². The fourth-order valence-electron chi connectivity index (χ4n) is 3.64. The zero-order chi connectivity index (χ0) is 21.5. The Balaban J connectivity index is 1.93. The van der Waals surface area contributed by atoms with Crippen LogP contribution in [0.5, 0.6) is 0 Å². The van der Waals surface area contributed by atoms with Crippen LogP contribution < -0.4 is 11.1 Å². The lowest BCUT2D eigenvalue weighted by atomic mass is 9.72. The van der Waals surface area contributed by atoms with Gasteiger partial charge in [0.2, 0.25) is 0 Å². The predicted molar refractivity (Wildman–Crippen MR) is 114 cm³/mol. The van der Waals surface area contributed by atoms with Crippen LogP contribution in [-0.4, -0.2) is 16.7 Å². The summed E-state index contributed by atoms with van der Waals surface area (Å²) in [6.07, 6.45) is 2.50. The van der Waals surface area contributed by atoms with Crippen molar-refractivity contribution >= 4 is 45.4 Å². The van der Waals surface area contributed by atoms with Crippen molar-refractivity contribution in [2.45, 2.75) is 40.0 Å². The van der Waals surface area contributed by atoms with E-state index in [-0.39, 0.29) is 21.7 Å². The van der Waals surface area contributed by atoms with Crippen LogP contribution in [0.4, 0.5) is 10.7 Å². The number of anilines is 1. The van der Waals surface area contributed by atoms with Crippen molar-refractivity contribution in [2.24, 2.45) is 17.1 Å². The number of fused-ring (bicyclic) bond motifs is 1. The predicted octanol–water partition coefficient (Wildman–Crippen LogP) is 4.81. The minimum Gasteiger partial charge on any atom is -0.365 e. The van der Waals surface area contributed by atoms with E-state index < -0.39 is 16.7 Å². The highest BCUT2D eigenvalue weighted by Gasteiger charge is 2.33. The molecular weight excluding hydrogens is 414 g/mol. The lowest BCUT2D eigenvalue weighted by molar-refractivity contribution is -0.384. The van der Waals surface area contributed by atoms with Crippen molar-refractivity contribution in [3.8, 4) is 0 Å². The van der Waals surface area contributed by atoms with E-state index in [1.807, 2.05) is 0 Å². The Bertz CT molecular complexity index is 1010. The molecule has 1 heterocycles. The minimum atomic E-state index is -0.648. The smallest absolute Gasteiger partial charge is 0.288 e. The molecule has 0 radical (unpaired) electrons. The quantitative estimate of drug-likeness (QED) is 0.529. The third-order valence-corrected chi connectivity index (χ3v) is 6.86. The van der Waals surface area contributed by atoms with Gasteiger partial charge in [-0.1, -0.05) is 32.4 Å². The van der Waals surface area contributed by atoms with Crippen molar-refractivity contribution in [3.05, 3.63) is 54.9 Å². The number of halogens is 1. The zero-order valence-electron chi connectivity index (χ0n) is 16.4. The van der Waals surface area contributed by atoms with Crippen molar-refractivity contribution in [1.82, 2.24) is 0 Å². The Labute approximate surface area is 177 Å². The average molecular weight is 436 g/mol. The van der Waals surface area contributed by atoms with E-state index in [0.717, 1.165) is 35.8 Å². The molecule has 29 heavy (non-hydrogen) atoms. The highest BCUT2D eigenvalue weighted by molar-refractivity contribution is 7.17. The third-order valence-electron chi connectivity index (χ3n) is 5.37. The van der Waals surface area contributed by atoms with Gasteiger partial charge in [0.05, 0.1) is 10.5 Å². The molecule has 1 aliphatic carbocycles. The molecule has 3 N–H and O–H groups in total. The summed E-state index contributed by atoms with van der Waals surface area (Å²) in [4.78, 5) is 36.3. The summed E-state index contributed by atoms with van der Waals surface area (Å²) < 4.78 is 0. The number of rotatable bonds is 4. The van der Waals surface area contributed by atoms with E-state index in [4.69, 9.17) is 17.3 Å². The summed E-state index contributed by atoms with van der Waals surface area (Å²) in [6.45, 7) is 6.59. The molecule has 1 unspecified atom stereocenters. The molecule has 0 aliphatic heterocycles. The monoisotopic (exact) mass is 435 g/mol. The van der Waals surface area contributed by atoms with E-state index in [1.165, 1.54) is 23.5 Å². The molecule has 0 saturated carbocycles. The molecule has 0 spiro atoms. The van der Waals surface area contributed by atoms with E-state index in [2.05, 4.69) is 26.1 Å². The zero-order valence-corrected chi connectivity index (χ0v) is 17.9. The second-order valence-electron chi connectivity index (χ2n) is 8.26. The fourth-order valence-corrected chi connectivity index (χ4v) is 5.16. The summed E-state index contributed by atoms with van der Waals surface area (Å²) >= 11 is 7.16. The van der Waals surface area contributed by atoms with Gasteiger partial charge in [0.15, 0.2) is 0 Å². The van der Waals surface area contributed by atoms with Crippen LogP contribution in [0.25, 0.3) is 0 Å². The Morgan fingerprint density at radius 3 is 2.62 bits per heavy atom. The van der Waals surface area contributed by atoms with Crippen molar-refractivity contribution in [3.63, 3.8) is 0 Å². The molecular formula is C20H22ClN3O4S. The maximum atomic E-state index is 12.7. The molecule has 0 bridgehead atoms. The van der Waals surface area contributed by atoms with Crippen molar-refractivity contribution in [1.29, 1.82) is 0 Å². The lowest BCUT2D eigenvalue weighted by Crippen LogP contribution is -2.27. The number of nitrogens with zero attached hydrogens (tertiary/aromatic N) is 1. The topological polar surface area (TPSA) is 115 Å². The van der Waals surface area contributed by atoms with Gasteiger partial charge < -0.3 is 11.1 Å². The highest BCUT2D eigenvalue weighted by atomic mass is 35.5. The SMILES string of the molecule is CC(C)(C)C1CCc2c(sc(NC(=O)c3ccc(Cl)c([N+](=O)[O-])c3)c2C(N)=O)C1. The Morgan fingerprint density at radius 1 is 1.34 bits per heavy atom. The van der Waals surface area contributed by atoms with Crippen LogP contribution in [-0.2, 0) is 12.8 Å². The normalized spacial score (nSPS) is 16.2. The molecule has 1 aromatic heterocycles. The van der Waals surface area contributed by atoms with Gasteiger partial charge in [-0.15, -0.1) is 11.3 Å². The number of nitrogens with one attached hydrogen (secondary N) is 1. The molecule has 2 aromatic rings. The van der Waals surface area contributed by atoms with E-state index in [0.29, 0.717) is 16.5 Å². The number of hydrogen-bond acceptors (Lipinski definition) is 5. The van der Waals surface area contributed by atoms with Crippen LogP contribution in [0.15, 0.2) is 18.2 Å². The molecule has 1 atom stereocenters. The van der Waals surface area contributed by atoms with Crippen molar-refractivity contribution in [2.75, 3.05) is 5.32 Å². The van der Waals surface area contributed by atoms with Crippen molar-refractivity contribution < 1.29 is 14.5 Å². The summed E-state index contributed by atoms with van der Waals surface area (Å²) in [7, 11) is 0. The number of amides is 2. The highest BCUT2D eigenvalue weighted by Crippen LogP contribution is 2.44. The molecule has 7 nitrogen and oxygen atoms in total. The Kier molecular flexibility index (Phi) is 5.69. The second-order valence-corrected chi connectivity index (χ2v) is 9.77. The number of primary amides is 1. The Hall–Kier alpha value is -2.45. The number of nitro benzene ring substituents is 1. The first-order valence-electron chi connectivity index (χ1n) is 9.18. The van der Waals surface area contributed by atoms with Gasteiger partial charge in [-0.25, -0.2) is 0 Å². The molecule has 0 saturated heterocycles. The molecule has 3 rings (SSSR count). The van der Waals surface area contributed by atoms with Crippen LogP contribution in [0.3, 0.4) is 0 Å². The van der Waals surface area contributed by atoms with Gasteiger partial charge in [0.25, 0.3) is 17.5 Å². The van der Waals surface area contributed by atoms with E-state index in [1.54, 1.807) is 0 Å². The molecule has 1 aliphatic rings. The van der Waals surface area contributed by atoms with Gasteiger partial charge in [0, 0.05) is 16.5 Å². The summed E-state index contributed by atoms with van der Waals surface area (Å²) in [5.74, 6) is -0.677. The van der Waals surface area contributed by atoms with Gasteiger partial charge in [-0.2, -0.15) is 0 Å². The summed E-state index contributed by atoms with van der Waals surface area (Å²) in [6, 6.07) is 3.82. The first-order chi connectivity index (χ1) is 13.5. The molecule has 154 valence electrons. The molecule has 2 amide bonds.